The topological polar surface area (TPSA) is 70.1 Å². The lowest BCUT2D eigenvalue weighted by molar-refractivity contribution is 0.0955. The highest BCUT2D eigenvalue weighted by atomic mass is 16.2. The van der Waals surface area contributed by atoms with Crippen molar-refractivity contribution < 1.29 is 4.79 Å². The Labute approximate surface area is 92.2 Å². The molecular formula is C11H10N4O. The van der Waals surface area contributed by atoms with Crippen LogP contribution in [-0.4, -0.2) is 22.1 Å². The Morgan fingerprint density at radius 3 is 3.06 bits per heavy atom. The van der Waals surface area contributed by atoms with Gasteiger partial charge in [0.1, 0.15) is 0 Å². The first kappa shape index (κ1) is 10.1. The standard InChI is InChI=1S/C11H10N4O/c16-11(9-3-1-5-12-7-9)15-14-8-10-4-2-6-13-10/h1-8,13H,(H,15,16)/b14-8+. The maximum absolute atomic E-state index is 11.5. The second-order valence-electron chi connectivity index (χ2n) is 3.07. The molecule has 80 valence electrons. The SMILES string of the molecule is O=C(N/N=C/c1ccc[nH]1)c1cccnc1. The van der Waals surface area contributed by atoms with Gasteiger partial charge in [-0.15, -0.1) is 0 Å². The van der Waals surface area contributed by atoms with Crippen LogP contribution >= 0.6 is 0 Å². The van der Waals surface area contributed by atoms with E-state index in [4.69, 9.17) is 0 Å². The first-order chi connectivity index (χ1) is 7.86. The number of carbonyl (C=O) groups is 1. The third-order valence-corrected chi connectivity index (χ3v) is 1.92. The quantitative estimate of drug-likeness (QED) is 0.594. The molecule has 1 amide bonds. The van der Waals surface area contributed by atoms with Crippen LogP contribution < -0.4 is 5.43 Å². The summed E-state index contributed by atoms with van der Waals surface area (Å²) in [5, 5.41) is 3.81. The van der Waals surface area contributed by atoms with E-state index in [0.717, 1.165) is 5.69 Å². The molecule has 2 rings (SSSR count). The van der Waals surface area contributed by atoms with Crippen molar-refractivity contribution in [2.75, 3.05) is 0 Å². The number of hydrogen-bond donors (Lipinski definition) is 2. The van der Waals surface area contributed by atoms with Crippen LogP contribution in [0.3, 0.4) is 0 Å². The molecule has 0 spiro atoms. The zero-order valence-corrected chi connectivity index (χ0v) is 8.42. The molecule has 5 heteroatoms. The maximum Gasteiger partial charge on any atom is 0.272 e. The predicted molar refractivity (Wildman–Crippen MR) is 60.1 cm³/mol. The van der Waals surface area contributed by atoms with E-state index in [1.54, 1.807) is 24.5 Å². The number of nitrogens with one attached hydrogen (secondary N) is 2. The van der Waals surface area contributed by atoms with Crippen LogP contribution in [0.2, 0.25) is 0 Å². The van der Waals surface area contributed by atoms with Gasteiger partial charge in [-0.05, 0) is 24.3 Å². The van der Waals surface area contributed by atoms with Gasteiger partial charge in [0.2, 0.25) is 0 Å². The van der Waals surface area contributed by atoms with E-state index in [9.17, 15) is 4.79 Å². The number of amides is 1. The summed E-state index contributed by atoms with van der Waals surface area (Å²) in [7, 11) is 0. The number of nitrogens with zero attached hydrogens (tertiary/aromatic N) is 2. The second-order valence-corrected chi connectivity index (χ2v) is 3.07. The van der Waals surface area contributed by atoms with Crippen LogP contribution in [0.15, 0.2) is 48.0 Å². The van der Waals surface area contributed by atoms with Gasteiger partial charge in [-0.2, -0.15) is 5.10 Å². The van der Waals surface area contributed by atoms with E-state index in [1.165, 1.54) is 12.4 Å². The summed E-state index contributed by atoms with van der Waals surface area (Å²) in [5.74, 6) is -0.282. The molecule has 0 saturated heterocycles. The second kappa shape index (κ2) is 4.88. The zero-order valence-electron chi connectivity index (χ0n) is 8.42. The molecule has 2 aromatic rings. The average Bonchev–Trinajstić information content (AvgIpc) is 2.83. The van der Waals surface area contributed by atoms with E-state index in [-0.39, 0.29) is 5.91 Å². The van der Waals surface area contributed by atoms with Gasteiger partial charge in [0.05, 0.1) is 17.5 Å². The van der Waals surface area contributed by atoms with Gasteiger partial charge in [0.25, 0.3) is 5.91 Å². The number of hydrazone groups is 1. The molecule has 2 N–H and O–H groups in total. The highest BCUT2D eigenvalue weighted by Gasteiger charge is 2.01. The van der Waals surface area contributed by atoms with Crippen molar-refractivity contribution in [3.05, 3.63) is 54.1 Å². The van der Waals surface area contributed by atoms with Crippen molar-refractivity contribution in [2.45, 2.75) is 0 Å². The molecule has 16 heavy (non-hydrogen) atoms. The van der Waals surface area contributed by atoms with Crippen LogP contribution in [0.25, 0.3) is 0 Å². The molecule has 5 nitrogen and oxygen atoms in total. The van der Waals surface area contributed by atoms with E-state index in [2.05, 4.69) is 20.5 Å². The fourth-order valence-corrected chi connectivity index (χ4v) is 1.15. The van der Waals surface area contributed by atoms with Crippen molar-refractivity contribution in [1.82, 2.24) is 15.4 Å². The summed E-state index contributed by atoms with van der Waals surface area (Å²) in [4.78, 5) is 18.3. The predicted octanol–water partition coefficient (Wildman–Crippen LogP) is 1.17. The molecule has 0 aliphatic heterocycles. The lowest BCUT2D eigenvalue weighted by Crippen LogP contribution is -2.17. The lowest BCUT2D eigenvalue weighted by atomic mass is 10.3. The minimum atomic E-state index is -0.282. The average molecular weight is 214 g/mol. The molecular weight excluding hydrogens is 204 g/mol. The number of aromatic amines is 1. The van der Waals surface area contributed by atoms with Gasteiger partial charge < -0.3 is 4.98 Å². The zero-order chi connectivity index (χ0) is 11.2. The number of rotatable bonds is 3. The third kappa shape index (κ3) is 2.54. The Morgan fingerprint density at radius 1 is 1.44 bits per heavy atom. The minimum absolute atomic E-state index is 0.282. The first-order valence-electron chi connectivity index (χ1n) is 4.73. The van der Waals surface area contributed by atoms with Crippen molar-refractivity contribution in [2.24, 2.45) is 5.10 Å². The van der Waals surface area contributed by atoms with Gasteiger partial charge in [-0.1, -0.05) is 0 Å². The smallest absolute Gasteiger partial charge is 0.272 e. The lowest BCUT2D eigenvalue weighted by Gasteiger charge is -1.97. The van der Waals surface area contributed by atoms with Crippen molar-refractivity contribution >= 4 is 12.1 Å². The van der Waals surface area contributed by atoms with E-state index in [0.29, 0.717) is 5.56 Å². The Kier molecular flexibility index (Phi) is 3.08. The number of H-pyrrole nitrogens is 1. The maximum atomic E-state index is 11.5. The van der Waals surface area contributed by atoms with E-state index >= 15 is 0 Å². The van der Waals surface area contributed by atoms with E-state index in [1.807, 2.05) is 12.1 Å². The Morgan fingerprint density at radius 2 is 2.38 bits per heavy atom. The third-order valence-electron chi connectivity index (χ3n) is 1.92. The van der Waals surface area contributed by atoms with Gasteiger partial charge >= 0.3 is 0 Å². The van der Waals surface area contributed by atoms with Gasteiger partial charge in [0, 0.05) is 18.6 Å². The molecule has 0 bridgehead atoms. The van der Waals surface area contributed by atoms with E-state index < -0.39 is 0 Å². The molecule has 2 aromatic heterocycles. The number of aromatic nitrogens is 2. The summed E-state index contributed by atoms with van der Waals surface area (Å²) in [5.41, 5.74) is 3.71. The molecule has 0 aliphatic carbocycles. The van der Waals surface area contributed by atoms with Crippen molar-refractivity contribution in [1.29, 1.82) is 0 Å². The Balaban J connectivity index is 1.94. The number of carbonyl (C=O) groups excluding carboxylic acids is 1. The van der Waals surface area contributed by atoms with Crippen LogP contribution in [0.1, 0.15) is 16.1 Å². The highest BCUT2D eigenvalue weighted by Crippen LogP contribution is 1.94. The highest BCUT2D eigenvalue weighted by molar-refractivity contribution is 5.94. The van der Waals surface area contributed by atoms with Gasteiger partial charge in [-0.3, -0.25) is 9.78 Å². The largest absolute Gasteiger partial charge is 0.360 e. The summed E-state index contributed by atoms with van der Waals surface area (Å²) >= 11 is 0. The molecule has 0 unspecified atom stereocenters. The molecule has 2 heterocycles. The summed E-state index contributed by atoms with van der Waals surface area (Å²) in [6, 6.07) is 7.07. The molecule has 0 aliphatic rings. The molecule has 0 aromatic carbocycles. The number of hydrogen-bond acceptors (Lipinski definition) is 3. The monoisotopic (exact) mass is 214 g/mol. The van der Waals surface area contributed by atoms with Crippen LogP contribution in [-0.2, 0) is 0 Å². The van der Waals surface area contributed by atoms with Crippen LogP contribution in [0, 0.1) is 0 Å². The van der Waals surface area contributed by atoms with Gasteiger partial charge in [-0.25, -0.2) is 5.43 Å². The van der Waals surface area contributed by atoms with Gasteiger partial charge in [0.15, 0.2) is 0 Å². The Hall–Kier alpha value is -2.43. The number of pyridine rings is 1. The minimum Gasteiger partial charge on any atom is -0.360 e. The fourth-order valence-electron chi connectivity index (χ4n) is 1.15. The van der Waals surface area contributed by atoms with Crippen LogP contribution in [0.4, 0.5) is 0 Å². The Bertz CT molecular complexity index is 476. The molecule has 0 fully saturated rings. The summed E-state index contributed by atoms with van der Waals surface area (Å²) in [6.07, 6.45) is 6.41. The normalized spacial score (nSPS) is 10.5. The molecule has 0 atom stereocenters. The van der Waals surface area contributed by atoms with Crippen molar-refractivity contribution in [3.8, 4) is 0 Å². The van der Waals surface area contributed by atoms with Crippen LogP contribution in [0.5, 0.6) is 0 Å². The summed E-state index contributed by atoms with van der Waals surface area (Å²) < 4.78 is 0. The molecule has 0 radical (unpaired) electrons. The van der Waals surface area contributed by atoms with Crippen molar-refractivity contribution in [3.63, 3.8) is 0 Å². The first-order valence-corrected chi connectivity index (χ1v) is 4.73. The summed E-state index contributed by atoms with van der Waals surface area (Å²) in [6.45, 7) is 0. The fraction of sp³-hybridized carbons (Fsp3) is 0. The molecule has 0 saturated carbocycles.